The van der Waals surface area contributed by atoms with Gasteiger partial charge in [0.25, 0.3) is 0 Å². The molecular formula is C17H24FNO4. The Balaban J connectivity index is 2.72. The fourth-order valence-electron chi connectivity index (χ4n) is 1.93. The van der Waals surface area contributed by atoms with Gasteiger partial charge in [0, 0.05) is 7.05 Å². The minimum Gasteiger partial charge on any atom is -0.488 e. The second-order valence-corrected chi connectivity index (χ2v) is 6.49. The molecule has 0 saturated heterocycles. The predicted octanol–water partition coefficient (Wildman–Crippen LogP) is 3.66. The van der Waals surface area contributed by atoms with Crippen molar-refractivity contribution in [1.82, 2.24) is 4.90 Å². The van der Waals surface area contributed by atoms with Crippen LogP contribution < -0.4 is 4.74 Å². The fourth-order valence-corrected chi connectivity index (χ4v) is 1.93. The Morgan fingerprint density at radius 2 is 1.91 bits per heavy atom. The Labute approximate surface area is 136 Å². The molecule has 1 atom stereocenters. The molecule has 1 rings (SSSR count). The molecule has 6 heteroatoms. The molecule has 0 saturated carbocycles. The zero-order valence-electron chi connectivity index (χ0n) is 14.5. The van der Waals surface area contributed by atoms with Gasteiger partial charge in [-0.1, -0.05) is 0 Å². The van der Waals surface area contributed by atoms with E-state index in [9.17, 15) is 14.0 Å². The van der Waals surface area contributed by atoms with Gasteiger partial charge in [-0.2, -0.15) is 0 Å². The van der Waals surface area contributed by atoms with E-state index in [0.29, 0.717) is 5.75 Å². The van der Waals surface area contributed by atoms with Crippen LogP contribution >= 0.6 is 0 Å². The molecule has 0 fully saturated rings. The molecule has 0 radical (unpaired) electrons. The van der Waals surface area contributed by atoms with Crippen molar-refractivity contribution in [3.63, 3.8) is 0 Å². The highest BCUT2D eigenvalue weighted by Gasteiger charge is 2.22. The molecule has 23 heavy (non-hydrogen) atoms. The van der Waals surface area contributed by atoms with Crippen LogP contribution in [0.25, 0.3) is 0 Å². The topological polar surface area (TPSA) is 55.8 Å². The number of hydrogen-bond acceptors (Lipinski definition) is 4. The SMILES string of the molecule is CC(=O)c1cc(F)ccc1O[C@@H](C)CN(C)C(=O)OC(C)(C)C. The minimum absolute atomic E-state index is 0.178. The summed E-state index contributed by atoms with van der Waals surface area (Å²) in [7, 11) is 1.60. The van der Waals surface area contributed by atoms with Crippen molar-refractivity contribution < 1.29 is 23.5 Å². The summed E-state index contributed by atoms with van der Waals surface area (Å²) in [6.45, 7) is 8.74. The standard InChI is InChI=1S/C17H24FNO4/c1-11(10-19(6)16(21)23-17(3,4)5)22-15-8-7-13(18)9-14(15)12(2)20/h7-9,11H,10H2,1-6H3/t11-/m0/s1. The maximum atomic E-state index is 13.2. The molecule has 0 heterocycles. The van der Waals surface area contributed by atoms with Crippen molar-refractivity contribution in [1.29, 1.82) is 0 Å². The van der Waals surface area contributed by atoms with E-state index in [4.69, 9.17) is 9.47 Å². The van der Waals surface area contributed by atoms with E-state index in [1.54, 1.807) is 34.7 Å². The number of amides is 1. The van der Waals surface area contributed by atoms with Crippen LogP contribution in [-0.4, -0.2) is 42.1 Å². The lowest BCUT2D eigenvalue weighted by molar-refractivity contribution is 0.0237. The quantitative estimate of drug-likeness (QED) is 0.775. The predicted molar refractivity (Wildman–Crippen MR) is 85.4 cm³/mol. The molecule has 0 aromatic heterocycles. The smallest absolute Gasteiger partial charge is 0.410 e. The summed E-state index contributed by atoms with van der Waals surface area (Å²) in [6.07, 6.45) is -0.852. The Bertz CT molecular complexity index is 580. The highest BCUT2D eigenvalue weighted by molar-refractivity contribution is 5.96. The highest BCUT2D eigenvalue weighted by atomic mass is 19.1. The molecule has 0 N–H and O–H groups in total. The molecule has 0 unspecified atom stereocenters. The number of ketones is 1. The lowest BCUT2D eigenvalue weighted by atomic mass is 10.1. The maximum absolute atomic E-state index is 13.2. The summed E-state index contributed by atoms with van der Waals surface area (Å²) >= 11 is 0. The number of benzene rings is 1. The van der Waals surface area contributed by atoms with Crippen molar-refractivity contribution in [3.8, 4) is 5.75 Å². The third kappa shape index (κ3) is 6.26. The summed E-state index contributed by atoms with van der Waals surface area (Å²) in [5.74, 6) is -0.489. The highest BCUT2D eigenvalue weighted by Crippen LogP contribution is 2.22. The third-order valence-electron chi connectivity index (χ3n) is 2.89. The number of halogens is 1. The summed E-state index contributed by atoms with van der Waals surface area (Å²) in [5.41, 5.74) is -0.398. The van der Waals surface area contributed by atoms with Crippen LogP contribution in [0.4, 0.5) is 9.18 Å². The molecule has 128 valence electrons. The molecule has 0 aliphatic heterocycles. The van der Waals surface area contributed by atoms with Crippen molar-refractivity contribution >= 4 is 11.9 Å². The van der Waals surface area contributed by atoms with Crippen LogP contribution in [0.3, 0.4) is 0 Å². The largest absolute Gasteiger partial charge is 0.488 e. The Morgan fingerprint density at radius 1 is 1.30 bits per heavy atom. The van der Waals surface area contributed by atoms with Crippen LogP contribution in [0.5, 0.6) is 5.75 Å². The number of likely N-dealkylation sites (N-methyl/N-ethyl adjacent to an activating group) is 1. The fraction of sp³-hybridized carbons (Fsp3) is 0.529. The van der Waals surface area contributed by atoms with E-state index >= 15 is 0 Å². The van der Waals surface area contributed by atoms with Crippen LogP contribution in [0, 0.1) is 5.82 Å². The van der Waals surface area contributed by atoms with Crippen molar-refractivity contribution in [3.05, 3.63) is 29.6 Å². The van der Waals surface area contributed by atoms with Crippen molar-refractivity contribution in [2.75, 3.05) is 13.6 Å². The number of carbonyl (C=O) groups is 2. The zero-order chi connectivity index (χ0) is 17.8. The number of rotatable bonds is 5. The van der Waals surface area contributed by atoms with Gasteiger partial charge in [-0.25, -0.2) is 9.18 Å². The molecule has 5 nitrogen and oxygen atoms in total. The van der Waals surface area contributed by atoms with Crippen molar-refractivity contribution in [2.24, 2.45) is 0 Å². The zero-order valence-corrected chi connectivity index (χ0v) is 14.5. The summed E-state index contributed by atoms with van der Waals surface area (Å²) < 4.78 is 24.2. The molecule has 0 spiro atoms. The third-order valence-corrected chi connectivity index (χ3v) is 2.89. The minimum atomic E-state index is -0.575. The Hall–Kier alpha value is -2.11. The van der Waals surface area contributed by atoms with Gasteiger partial charge in [-0.05, 0) is 52.8 Å². The lowest BCUT2D eigenvalue weighted by Gasteiger charge is -2.27. The van der Waals surface area contributed by atoms with Gasteiger partial charge < -0.3 is 14.4 Å². The van der Waals surface area contributed by atoms with Crippen LogP contribution in [0.2, 0.25) is 0 Å². The Morgan fingerprint density at radius 3 is 2.43 bits per heavy atom. The molecule has 0 aliphatic carbocycles. The van der Waals surface area contributed by atoms with E-state index < -0.39 is 23.6 Å². The monoisotopic (exact) mass is 325 g/mol. The molecule has 1 aromatic rings. The van der Waals surface area contributed by atoms with Crippen LogP contribution in [0.1, 0.15) is 45.0 Å². The first-order valence-electron chi connectivity index (χ1n) is 7.41. The first-order chi connectivity index (χ1) is 10.5. The van der Waals surface area contributed by atoms with Gasteiger partial charge >= 0.3 is 6.09 Å². The number of nitrogens with zero attached hydrogens (tertiary/aromatic N) is 1. The normalized spacial score (nSPS) is 12.5. The van der Waals surface area contributed by atoms with Gasteiger partial charge in [0.05, 0.1) is 12.1 Å². The van der Waals surface area contributed by atoms with E-state index in [1.165, 1.54) is 24.0 Å². The summed E-state index contributed by atoms with van der Waals surface area (Å²) in [4.78, 5) is 24.9. The van der Waals surface area contributed by atoms with Gasteiger partial charge in [0.2, 0.25) is 0 Å². The maximum Gasteiger partial charge on any atom is 0.410 e. The molecule has 1 amide bonds. The van der Waals surface area contributed by atoms with Gasteiger partial charge in [-0.15, -0.1) is 0 Å². The molecule has 0 bridgehead atoms. The first kappa shape index (κ1) is 18.9. The van der Waals surface area contributed by atoms with E-state index in [2.05, 4.69) is 0 Å². The average Bonchev–Trinajstić information content (AvgIpc) is 2.38. The van der Waals surface area contributed by atoms with Crippen LogP contribution in [0.15, 0.2) is 18.2 Å². The molecular weight excluding hydrogens is 301 g/mol. The van der Waals surface area contributed by atoms with E-state index in [0.717, 1.165) is 6.07 Å². The van der Waals surface area contributed by atoms with Crippen molar-refractivity contribution in [2.45, 2.75) is 46.3 Å². The summed E-state index contributed by atoms with van der Waals surface area (Å²) in [5, 5.41) is 0. The molecule has 0 aliphatic rings. The number of ether oxygens (including phenoxy) is 2. The second kappa shape index (κ2) is 7.44. The van der Waals surface area contributed by atoms with E-state index in [1.807, 2.05) is 0 Å². The Kier molecular flexibility index (Phi) is 6.12. The first-order valence-corrected chi connectivity index (χ1v) is 7.41. The molecule has 1 aromatic carbocycles. The number of hydrogen-bond donors (Lipinski definition) is 0. The number of Topliss-reactive ketones (excluding diaryl/α,β-unsaturated/α-hetero) is 1. The summed E-state index contributed by atoms with van der Waals surface area (Å²) in [6, 6.07) is 3.78. The number of carbonyl (C=O) groups excluding carboxylic acids is 2. The van der Waals surface area contributed by atoms with E-state index in [-0.39, 0.29) is 17.9 Å². The van der Waals surface area contributed by atoms with Gasteiger partial charge in [0.15, 0.2) is 5.78 Å². The van der Waals surface area contributed by atoms with Crippen LogP contribution in [-0.2, 0) is 4.74 Å². The van der Waals surface area contributed by atoms with Gasteiger partial charge in [0.1, 0.15) is 23.3 Å². The lowest BCUT2D eigenvalue weighted by Crippen LogP contribution is -2.39. The van der Waals surface area contributed by atoms with Gasteiger partial charge in [-0.3, -0.25) is 4.79 Å². The average molecular weight is 325 g/mol. The second-order valence-electron chi connectivity index (χ2n) is 6.49.